The highest BCUT2D eigenvalue weighted by atomic mass is 16.2. The van der Waals surface area contributed by atoms with E-state index in [1.54, 1.807) is 12.1 Å². The fourth-order valence-corrected chi connectivity index (χ4v) is 4.33. The van der Waals surface area contributed by atoms with E-state index in [9.17, 15) is 19.2 Å². The molecule has 0 saturated heterocycles. The van der Waals surface area contributed by atoms with Crippen molar-refractivity contribution in [2.24, 2.45) is 5.92 Å². The van der Waals surface area contributed by atoms with Crippen LogP contribution in [0.5, 0.6) is 0 Å². The second-order valence-electron chi connectivity index (χ2n) is 9.34. The summed E-state index contributed by atoms with van der Waals surface area (Å²) in [5.74, 6) is -0.863. The van der Waals surface area contributed by atoms with Crippen molar-refractivity contribution < 1.29 is 19.2 Å². The molecule has 2 aliphatic rings. The van der Waals surface area contributed by atoms with Gasteiger partial charge in [0.25, 0.3) is 17.7 Å². The van der Waals surface area contributed by atoms with Crippen LogP contribution < -0.4 is 10.6 Å². The smallest absolute Gasteiger partial charge is 0.261 e. The molecule has 36 heavy (non-hydrogen) atoms. The highest BCUT2D eigenvalue weighted by Crippen LogP contribution is 2.30. The van der Waals surface area contributed by atoms with Crippen molar-refractivity contribution in [2.75, 3.05) is 11.9 Å². The van der Waals surface area contributed by atoms with Gasteiger partial charge in [-0.1, -0.05) is 42.5 Å². The van der Waals surface area contributed by atoms with E-state index < -0.39 is 0 Å². The molecule has 0 aromatic heterocycles. The third kappa shape index (κ3) is 4.91. The summed E-state index contributed by atoms with van der Waals surface area (Å²) < 4.78 is 0. The predicted molar refractivity (Wildman–Crippen MR) is 136 cm³/mol. The van der Waals surface area contributed by atoms with Gasteiger partial charge in [0, 0.05) is 23.7 Å². The van der Waals surface area contributed by atoms with Crippen molar-refractivity contribution in [1.29, 1.82) is 0 Å². The largest absolute Gasteiger partial charge is 0.346 e. The van der Waals surface area contributed by atoms with Crippen LogP contribution in [0.25, 0.3) is 0 Å². The molecule has 1 heterocycles. The average molecular weight is 482 g/mol. The van der Waals surface area contributed by atoms with Crippen molar-refractivity contribution in [1.82, 2.24) is 10.2 Å². The van der Waals surface area contributed by atoms with Crippen LogP contribution >= 0.6 is 0 Å². The number of carbonyl (C=O) groups is 4. The van der Waals surface area contributed by atoms with Crippen LogP contribution in [0.3, 0.4) is 0 Å². The molecule has 0 bridgehead atoms. The number of benzene rings is 3. The maximum Gasteiger partial charge on any atom is 0.261 e. The van der Waals surface area contributed by atoms with Crippen LogP contribution in [0.15, 0.2) is 72.8 Å². The monoisotopic (exact) mass is 481 g/mol. The zero-order chi connectivity index (χ0) is 25.2. The molecule has 0 radical (unpaired) electrons. The van der Waals surface area contributed by atoms with Gasteiger partial charge >= 0.3 is 0 Å². The third-order valence-corrected chi connectivity index (χ3v) is 6.67. The van der Waals surface area contributed by atoms with Gasteiger partial charge in [0.1, 0.15) is 0 Å². The third-order valence-electron chi connectivity index (χ3n) is 6.67. The number of carbonyl (C=O) groups excluding carboxylic acids is 4. The van der Waals surface area contributed by atoms with E-state index in [-0.39, 0.29) is 47.7 Å². The lowest BCUT2D eigenvalue weighted by atomic mass is 10.0. The van der Waals surface area contributed by atoms with Gasteiger partial charge in [0.2, 0.25) is 5.91 Å². The molecule has 2 N–H and O–H groups in total. The normalized spacial score (nSPS) is 15.4. The molecule has 5 rings (SSSR count). The van der Waals surface area contributed by atoms with Gasteiger partial charge in [-0.15, -0.1) is 0 Å². The molecule has 1 aliphatic carbocycles. The van der Waals surface area contributed by atoms with Gasteiger partial charge in [-0.25, -0.2) is 0 Å². The molecular weight excluding hydrogens is 454 g/mol. The highest BCUT2D eigenvalue weighted by molar-refractivity contribution is 6.22. The Bertz CT molecular complexity index is 1330. The predicted octanol–water partition coefficient (Wildman–Crippen LogP) is 4.36. The Balaban J connectivity index is 1.22. The molecule has 1 atom stereocenters. The highest BCUT2D eigenvalue weighted by Gasteiger charge is 2.35. The number of rotatable bonds is 8. The summed E-state index contributed by atoms with van der Waals surface area (Å²) in [5.41, 5.74) is 3.55. The summed E-state index contributed by atoms with van der Waals surface area (Å²) in [6.07, 6.45) is 2.46. The van der Waals surface area contributed by atoms with Gasteiger partial charge in [-0.05, 0) is 67.6 Å². The van der Waals surface area contributed by atoms with E-state index in [0.717, 1.165) is 29.7 Å². The molecule has 182 valence electrons. The Morgan fingerprint density at radius 2 is 1.61 bits per heavy atom. The summed E-state index contributed by atoms with van der Waals surface area (Å²) in [4.78, 5) is 51.8. The number of amides is 4. The van der Waals surface area contributed by atoms with Crippen molar-refractivity contribution in [2.45, 2.75) is 32.2 Å². The molecule has 3 aromatic carbocycles. The Kier molecular flexibility index (Phi) is 6.38. The zero-order valence-corrected chi connectivity index (χ0v) is 20.0. The average Bonchev–Trinajstić information content (AvgIpc) is 3.72. The van der Waals surface area contributed by atoms with Gasteiger partial charge in [-0.3, -0.25) is 24.1 Å². The summed E-state index contributed by atoms with van der Waals surface area (Å²) in [7, 11) is 0. The Labute approximate surface area is 209 Å². The number of hydrogen-bond acceptors (Lipinski definition) is 4. The molecule has 1 fully saturated rings. The van der Waals surface area contributed by atoms with E-state index in [4.69, 9.17) is 0 Å². The standard InChI is InChI=1S/C29H27N3O4/c1-18(20-9-12-23(13-10-20)31-26(33)21-7-8-21)30-27(34)22-11-14-24-25(17-22)29(36)32(28(24)35)16-15-19-5-3-2-4-6-19/h2-6,9-14,17-18,21H,7-8,15-16H2,1H3,(H,30,34)(H,31,33). The Morgan fingerprint density at radius 1 is 0.917 bits per heavy atom. The number of nitrogens with zero attached hydrogens (tertiary/aromatic N) is 1. The molecule has 1 aliphatic heterocycles. The summed E-state index contributed by atoms with van der Waals surface area (Å²) in [6.45, 7) is 2.15. The van der Waals surface area contributed by atoms with E-state index in [1.807, 2.05) is 61.5 Å². The zero-order valence-electron chi connectivity index (χ0n) is 20.0. The summed E-state index contributed by atoms with van der Waals surface area (Å²) in [6, 6.07) is 21.4. The van der Waals surface area contributed by atoms with Gasteiger partial charge in [0.15, 0.2) is 0 Å². The molecule has 1 saturated carbocycles. The van der Waals surface area contributed by atoms with Crippen LogP contribution in [0.2, 0.25) is 0 Å². The summed E-state index contributed by atoms with van der Waals surface area (Å²) >= 11 is 0. The van der Waals surface area contributed by atoms with E-state index >= 15 is 0 Å². The SMILES string of the molecule is CC(NC(=O)c1ccc2c(c1)C(=O)N(CCc1ccccc1)C2=O)c1ccc(NC(=O)C2CC2)cc1. The Hall–Kier alpha value is -4.26. The number of nitrogens with one attached hydrogen (secondary N) is 2. The van der Waals surface area contributed by atoms with Crippen molar-refractivity contribution in [3.8, 4) is 0 Å². The molecule has 0 spiro atoms. The van der Waals surface area contributed by atoms with Crippen molar-refractivity contribution >= 4 is 29.3 Å². The van der Waals surface area contributed by atoms with Crippen LogP contribution in [-0.2, 0) is 11.2 Å². The fraction of sp³-hybridized carbons (Fsp3) is 0.241. The van der Waals surface area contributed by atoms with Crippen molar-refractivity contribution in [3.63, 3.8) is 0 Å². The first-order chi connectivity index (χ1) is 17.4. The molecule has 7 nitrogen and oxygen atoms in total. The summed E-state index contributed by atoms with van der Waals surface area (Å²) in [5, 5.41) is 5.84. The maximum atomic E-state index is 12.9. The fourth-order valence-electron chi connectivity index (χ4n) is 4.33. The van der Waals surface area contributed by atoms with E-state index in [1.165, 1.54) is 11.0 Å². The lowest BCUT2D eigenvalue weighted by molar-refractivity contribution is -0.117. The van der Waals surface area contributed by atoms with Crippen molar-refractivity contribution in [3.05, 3.63) is 101 Å². The molecule has 7 heteroatoms. The second-order valence-corrected chi connectivity index (χ2v) is 9.34. The van der Waals surface area contributed by atoms with Gasteiger partial charge < -0.3 is 10.6 Å². The number of imide groups is 1. The Morgan fingerprint density at radius 3 is 2.31 bits per heavy atom. The van der Waals surface area contributed by atoms with Crippen LogP contribution in [-0.4, -0.2) is 35.1 Å². The topological polar surface area (TPSA) is 95.6 Å². The van der Waals surface area contributed by atoms with Crippen LogP contribution in [0, 0.1) is 5.92 Å². The van der Waals surface area contributed by atoms with Crippen LogP contribution in [0.4, 0.5) is 5.69 Å². The number of anilines is 1. The number of fused-ring (bicyclic) bond motifs is 1. The minimum atomic E-state index is -0.377. The number of hydrogen-bond donors (Lipinski definition) is 2. The van der Waals surface area contributed by atoms with E-state index in [2.05, 4.69) is 10.6 Å². The molecule has 3 aromatic rings. The molecule has 4 amide bonds. The minimum Gasteiger partial charge on any atom is -0.346 e. The van der Waals surface area contributed by atoms with Crippen LogP contribution in [0.1, 0.15) is 68.0 Å². The molecular formula is C29H27N3O4. The second kappa shape index (κ2) is 9.77. The lowest BCUT2D eigenvalue weighted by Crippen LogP contribution is -2.31. The lowest BCUT2D eigenvalue weighted by Gasteiger charge is -2.15. The first-order valence-corrected chi connectivity index (χ1v) is 12.2. The minimum absolute atomic E-state index is 0.0485. The van der Waals surface area contributed by atoms with E-state index in [0.29, 0.717) is 17.5 Å². The first-order valence-electron chi connectivity index (χ1n) is 12.2. The maximum absolute atomic E-state index is 12.9. The quantitative estimate of drug-likeness (QED) is 0.467. The van der Waals surface area contributed by atoms with Gasteiger partial charge in [0.05, 0.1) is 17.2 Å². The molecule has 1 unspecified atom stereocenters. The first kappa shape index (κ1) is 23.5. The van der Waals surface area contributed by atoms with Gasteiger partial charge in [-0.2, -0.15) is 0 Å².